The molecule has 1 saturated carbocycles. The van der Waals surface area contributed by atoms with Crippen molar-refractivity contribution >= 4 is 11.6 Å². The minimum absolute atomic E-state index is 0.00738. The maximum Gasteiger partial charge on any atom is 0.238 e. The van der Waals surface area contributed by atoms with Gasteiger partial charge >= 0.3 is 0 Å². The van der Waals surface area contributed by atoms with Gasteiger partial charge in [0.25, 0.3) is 0 Å². The van der Waals surface area contributed by atoms with Crippen molar-refractivity contribution in [2.24, 2.45) is 11.8 Å². The minimum Gasteiger partial charge on any atom is -0.493 e. The first-order chi connectivity index (χ1) is 14.9. The first kappa shape index (κ1) is 21.7. The SMILES string of the molecule is COc1ccccc1O[C@@H]1C[C@@H]2CN(CC(=O)Nc3ccc(C)cc3C)C[C@@H]2C[C@H]1O. The van der Waals surface area contributed by atoms with Crippen LogP contribution < -0.4 is 14.8 Å². The van der Waals surface area contributed by atoms with Crippen LogP contribution >= 0.6 is 0 Å². The molecule has 1 amide bonds. The Morgan fingerprint density at radius 1 is 1.10 bits per heavy atom. The zero-order chi connectivity index (χ0) is 22.0. The number of aliphatic hydroxyl groups is 1. The molecule has 166 valence electrons. The van der Waals surface area contributed by atoms with E-state index >= 15 is 0 Å². The van der Waals surface area contributed by atoms with Gasteiger partial charge < -0.3 is 19.9 Å². The molecular weight excluding hydrogens is 392 g/mol. The van der Waals surface area contributed by atoms with Crippen LogP contribution in [0, 0.1) is 25.7 Å². The molecule has 2 aromatic rings. The van der Waals surface area contributed by atoms with Crippen molar-refractivity contribution in [1.82, 2.24) is 4.90 Å². The summed E-state index contributed by atoms with van der Waals surface area (Å²) in [4.78, 5) is 14.8. The van der Waals surface area contributed by atoms with Crippen LogP contribution in [0.3, 0.4) is 0 Å². The number of carbonyl (C=O) groups excluding carboxylic acids is 1. The molecule has 0 unspecified atom stereocenters. The Morgan fingerprint density at radius 2 is 1.81 bits per heavy atom. The van der Waals surface area contributed by atoms with Crippen molar-refractivity contribution in [3.63, 3.8) is 0 Å². The third-order valence-corrected chi connectivity index (χ3v) is 6.53. The van der Waals surface area contributed by atoms with Crippen molar-refractivity contribution in [1.29, 1.82) is 0 Å². The maximum atomic E-state index is 12.6. The Labute approximate surface area is 184 Å². The highest BCUT2D eigenvalue weighted by atomic mass is 16.5. The number of ether oxygens (including phenoxy) is 2. The fraction of sp³-hybridized carbons (Fsp3) is 0.480. The molecule has 0 aromatic heterocycles. The summed E-state index contributed by atoms with van der Waals surface area (Å²) in [6, 6.07) is 13.6. The van der Waals surface area contributed by atoms with E-state index in [2.05, 4.69) is 16.3 Å². The lowest BCUT2D eigenvalue weighted by Crippen LogP contribution is -2.42. The molecule has 1 aliphatic heterocycles. The average Bonchev–Trinajstić information content (AvgIpc) is 3.11. The number of para-hydroxylation sites is 2. The van der Waals surface area contributed by atoms with Gasteiger partial charge in [-0.2, -0.15) is 0 Å². The lowest BCUT2D eigenvalue weighted by molar-refractivity contribution is -0.117. The van der Waals surface area contributed by atoms with Gasteiger partial charge in [0.1, 0.15) is 6.10 Å². The molecule has 6 heteroatoms. The average molecular weight is 425 g/mol. The Morgan fingerprint density at radius 3 is 2.52 bits per heavy atom. The second-order valence-electron chi connectivity index (χ2n) is 8.93. The third-order valence-electron chi connectivity index (χ3n) is 6.53. The van der Waals surface area contributed by atoms with Crippen molar-refractivity contribution in [2.45, 2.75) is 38.9 Å². The van der Waals surface area contributed by atoms with Crippen molar-refractivity contribution in [3.8, 4) is 11.5 Å². The zero-order valence-corrected chi connectivity index (χ0v) is 18.5. The lowest BCUT2D eigenvalue weighted by Gasteiger charge is -2.35. The summed E-state index contributed by atoms with van der Waals surface area (Å²) in [7, 11) is 1.62. The van der Waals surface area contributed by atoms with Crippen LogP contribution in [0.5, 0.6) is 11.5 Å². The van der Waals surface area contributed by atoms with Crippen LogP contribution in [0.2, 0.25) is 0 Å². The van der Waals surface area contributed by atoms with Gasteiger partial charge in [-0.3, -0.25) is 9.69 Å². The monoisotopic (exact) mass is 424 g/mol. The molecule has 6 nitrogen and oxygen atoms in total. The van der Waals surface area contributed by atoms with Crippen LogP contribution in [0.4, 0.5) is 5.69 Å². The normalized spacial score (nSPS) is 25.7. The number of fused-ring (bicyclic) bond motifs is 1. The van der Waals surface area contributed by atoms with E-state index in [-0.39, 0.29) is 12.0 Å². The predicted molar refractivity (Wildman–Crippen MR) is 121 cm³/mol. The molecule has 4 atom stereocenters. The number of benzene rings is 2. The summed E-state index contributed by atoms with van der Waals surface area (Å²) in [6.07, 6.45) is 0.690. The van der Waals surface area contributed by atoms with E-state index in [0.29, 0.717) is 36.3 Å². The third kappa shape index (κ3) is 5.02. The van der Waals surface area contributed by atoms with Crippen LogP contribution in [-0.4, -0.2) is 54.9 Å². The summed E-state index contributed by atoms with van der Waals surface area (Å²) in [5.41, 5.74) is 3.12. The minimum atomic E-state index is -0.518. The zero-order valence-electron chi connectivity index (χ0n) is 18.5. The van der Waals surface area contributed by atoms with Gasteiger partial charge in [0.2, 0.25) is 5.91 Å². The summed E-state index contributed by atoms with van der Waals surface area (Å²) < 4.78 is 11.5. The molecule has 2 N–H and O–H groups in total. The van der Waals surface area contributed by atoms with Gasteiger partial charge in [-0.15, -0.1) is 0 Å². The molecule has 2 fully saturated rings. The molecule has 0 spiro atoms. The molecule has 0 radical (unpaired) electrons. The van der Waals surface area contributed by atoms with E-state index in [1.54, 1.807) is 7.11 Å². The van der Waals surface area contributed by atoms with Gasteiger partial charge in [-0.05, 0) is 62.3 Å². The van der Waals surface area contributed by atoms with Crippen molar-refractivity contribution in [2.75, 3.05) is 32.1 Å². The summed E-state index contributed by atoms with van der Waals surface area (Å²) >= 11 is 0. The number of hydrogen-bond acceptors (Lipinski definition) is 5. The van der Waals surface area contributed by atoms with Gasteiger partial charge in [-0.1, -0.05) is 29.8 Å². The number of hydrogen-bond donors (Lipinski definition) is 2. The van der Waals surface area contributed by atoms with E-state index < -0.39 is 6.10 Å². The lowest BCUT2D eigenvalue weighted by atomic mass is 9.78. The van der Waals surface area contributed by atoms with Crippen LogP contribution in [0.25, 0.3) is 0 Å². The number of aliphatic hydroxyl groups excluding tert-OH is 1. The van der Waals surface area contributed by atoms with Crippen LogP contribution in [-0.2, 0) is 4.79 Å². The number of aryl methyl sites for hydroxylation is 2. The van der Waals surface area contributed by atoms with E-state index in [1.165, 1.54) is 5.56 Å². The number of nitrogens with one attached hydrogen (secondary N) is 1. The fourth-order valence-electron chi connectivity index (χ4n) is 4.97. The van der Waals surface area contributed by atoms with E-state index in [0.717, 1.165) is 30.8 Å². The highest BCUT2D eigenvalue weighted by Gasteiger charge is 2.43. The van der Waals surface area contributed by atoms with Gasteiger partial charge in [0, 0.05) is 18.8 Å². The smallest absolute Gasteiger partial charge is 0.238 e. The van der Waals surface area contributed by atoms with Crippen molar-refractivity contribution in [3.05, 3.63) is 53.6 Å². The number of methoxy groups -OCH3 is 1. The highest BCUT2D eigenvalue weighted by Crippen LogP contribution is 2.39. The van der Waals surface area contributed by atoms with E-state index in [9.17, 15) is 9.90 Å². The summed E-state index contributed by atoms with van der Waals surface area (Å²) in [5, 5.41) is 13.7. The number of nitrogens with zero attached hydrogens (tertiary/aromatic N) is 1. The second kappa shape index (κ2) is 9.28. The Bertz CT molecular complexity index is 931. The standard InChI is InChI=1S/C25H32N2O4/c1-16-8-9-20(17(2)10-16)26-25(29)15-27-13-18-11-21(28)24(12-19(18)14-27)31-23-7-5-4-6-22(23)30-3/h4-10,18-19,21,24,28H,11-15H2,1-3H3,(H,26,29)/t18-,19+,21+,24+/m0/s1. The van der Waals surface area contributed by atoms with E-state index in [4.69, 9.17) is 9.47 Å². The number of anilines is 1. The molecule has 1 aliphatic carbocycles. The first-order valence-corrected chi connectivity index (χ1v) is 11.0. The molecule has 1 saturated heterocycles. The van der Waals surface area contributed by atoms with Crippen LogP contribution in [0.1, 0.15) is 24.0 Å². The van der Waals surface area contributed by atoms with Gasteiger partial charge in [0.05, 0.1) is 19.8 Å². The molecular formula is C25H32N2O4. The van der Waals surface area contributed by atoms with Crippen molar-refractivity contribution < 1.29 is 19.4 Å². The number of carbonyl (C=O) groups is 1. The molecule has 0 bridgehead atoms. The molecule has 31 heavy (non-hydrogen) atoms. The Kier molecular flexibility index (Phi) is 6.49. The summed E-state index contributed by atoms with van der Waals surface area (Å²) in [5.74, 6) is 2.15. The van der Waals surface area contributed by atoms with E-state index in [1.807, 2.05) is 50.2 Å². The molecule has 2 aliphatic rings. The molecule has 4 rings (SSSR count). The second-order valence-corrected chi connectivity index (χ2v) is 8.93. The Balaban J connectivity index is 1.33. The molecule has 1 heterocycles. The number of likely N-dealkylation sites (tertiary alicyclic amines) is 1. The first-order valence-electron chi connectivity index (χ1n) is 11.0. The largest absolute Gasteiger partial charge is 0.493 e. The highest BCUT2D eigenvalue weighted by molar-refractivity contribution is 5.93. The molecule has 2 aromatic carbocycles. The predicted octanol–water partition coefficient (Wildman–Crippen LogP) is 3.40. The van der Waals surface area contributed by atoms with Gasteiger partial charge in [-0.25, -0.2) is 0 Å². The quantitative estimate of drug-likeness (QED) is 0.744. The fourth-order valence-corrected chi connectivity index (χ4v) is 4.97. The Hall–Kier alpha value is -2.57. The number of rotatable bonds is 6. The maximum absolute atomic E-state index is 12.6. The van der Waals surface area contributed by atoms with Crippen LogP contribution in [0.15, 0.2) is 42.5 Å². The number of amides is 1. The topological polar surface area (TPSA) is 71.0 Å². The summed E-state index contributed by atoms with van der Waals surface area (Å²) in [6.45, 7) is 6.11. The van der Waals surface area contributed by atoms with Gasteiger partial charge in [0.15, 0.2) is 11.5 Å².